The van der Waals surface area contributed by atoms with E-state index in [-0.39, 0.29) is 42.6 Å². The van der Waals surface area contributed by atoms with Gasteiger partial charge in [-0.3, -0.25) is 9.59 Å². The maximum atomic E-state index is 13.2. The van der Waals surface area contributed by atoms with Crippen LogP contribution < -0.4 is 0 Å². The van der Waals surface area contributed by atoms with Crippen LogP contribution in [0.25, 0.3) is 0 Å². The van der Waals surface area contributed by atoms with Crippen LogP contribution in [0.15, 0.2) is 12.2 Å². The molecule has 0 radical (unpaired) electrons. The lowest BCUT2D eigenvalue weighted by Gasteiger charge is -2.24. The van der Waals surface area contributed by atoms with E-state index in [0.717, 1.165) is 45.1 Å². The van der Waals surface area contributed by atoms with E-state index in [9.17, 15) is 9.59 Å². The van der Waals surface area contributed by atoms with Crippen molar-refractivity contribution >= 4 is 11.9 Å². The van der Waals surface area contributed by atoms with E-state index < -0.39 is 0 Å². The summed E-state index contributed by atoms with van der Waals surface area (Å²) in [5, 5.41) is 0. The molecule has 0 aromatic heterocycles. The molecule has 1 rings (SSSR count). The van der Waals surface area contributed by atoms with Crippen molar-refractivity contribution in [1.82, 2.24) is 4.90 Å². The van der Waals surface area contributed by atoms with E-state index in [1.165, 1.54) is 141 Å². The fourth-order valence-electron chi connectivity index (χ4n) is 7.87. The SMILES string of the molecule is CC/C=C\CC1C(CC(=O)OCC(COCCCCCCCCCCCCCC)OCCCCCCCCCCCCCC)CCC1OC(=O)CCN(C)C. The van der Waals surface area contributed by atoms with E-state index in [1.807, 2.05) is 19.0 Å². The van der Waals surface area contributed by atoms with Crippen molar-refractivity contribution < 1.29 is 28.5 Å². The van der Waals surface area contributed by atoms with Gasteiger partial charge in [-0.2, -0.15) is 0 Å². The highest BCUT2D eigenvalue weighted by Gasteiger charge is 2.39. The predicted molar refractivity (Wildman–Crippen MR) is 232 cm³/mol. The zero-order valence-corrected chi connectivity index (χ0v) is 37.1. The average Bonchev–Trinajstić information content (AvgIpc) is 3.54. The summed E-state index contributed by atoms with van der Waals surface area (Å²) in [6.45, 7) is 9.45. The summed E-state index contributed by atoms with van der Waals surface area (Å²) < 4.78 is 24.2. The Hall–Kier alpha value is -1.44. The molecule has 0 aromatic rings. The molecule has 0 aliphatic heterocycles. The lowest BCUT2D eigenvalue weighted by atomic mass is 9.88. The minimum absolute atomic E-state index is 0.135. The maximum Gasteiger partial charge on any atom is 0.307 e. The van der Waals surface area contributed by atoms with Gasteiger partial charge in [-0.15, -0.1) is 0 Å². The van der Waals surface area contributed by atoms with Gasteiger partial charge >= 0.3 is 11.9 Å². The molecule has 1 aliphatic carbocycles. The second kappa shape index (κ2) is 38.1. The van der Waals surface area contributed by atoms with E-state index in [0.29, 0.717) is 32.6 Å². The number of unbranched alkanes of at least 4 members (excludes halogenated alkanes) is 22. The smallest absolute Gasteiger partial charge is 0.307 e. The van der Waals surface area contributed by atoms with Gasteiger partial charge in [0.1, 0.15) is 18.8 Å². The molecule has 0 spiro atoms. The largest absolute Gasteiger partial charge is 0.463 e. The molecule has 324 valence electrons. The molecular weight excluding hydrogens is 687 g/mol. The topological polar surface area (TPSA) is 74.3 Å². The first kappa shape index (κ1) is 51.6. The van der Waals surface area contributed by atoms with Crippen molar-refractivity contribution in [2.75, 3.05) is 47.1 Å². The second-order valence-corrected chi connectivity index (χ2v) is 16.9. The zero-order chi connectivity index (χ0) is 40.0. The molecule has 7 heteroatoms. The van der Waals surface area contributed by atoms with Crippen LogP contribution in [-0.4, -0.2) is 76.1 Å². The summed E-state index contributed by atoms with van der Waals surface area (Å²) >= 11 is 0. The van der Waals surface area contributed by atoms with Crippen LogP contribution in [-0.2, 0) is 28.5 Å². The molecule has 0 bridgehead atoms. The molecule has 0 saturated heterocycles. The fourth-order valence-corrected chi connectivity index (χ4v) is 7.87. The molecule has 1 fully saturated rings. The quantitative estimate of drug-likeness (QED) is 0.0348. The first-order valence-corrected chi connectivity index (χ1v) is 23.7. The lowest BCUT2D eigenvalue weighted by Crippen LogP contribution is -2.30. The molecule has 55 heavy (non-hydrogen) atoms. The molecule has 1 aliphatic rings. The molecule has 0 aromatic carbocycles. The maximum absolute atomic E-state index is 13.2. The number of esters is 2. The van der Waals surface area contributed by atoms with Gasteiger partial charge in [0.05, 0.1) is 13.0 Å². The minimum atomic E-state index is -0.244. The van der Waals surface area contributed by atoms with Gasteiger partial charge in [-0.1, -0.05) is 174 Å². The number of nitrogens with zero attached hydrogens (tertiary/aromatic N) is 1. The Morgan fingerprint density at radius 1 is 0.618 bits per heavy atom. The minimum Gasteiger partial charge on any atom is -0.463 e. The number of ether oxygens (including phenoxy) is 4. The average molecular weight is 778 g/mol. The Morgan fingerprint density at radius 2 is 1.13 bits per heavy atom. The molecule has 7 nitrogen and oxygen atoms in total. The third kappa shape index (κ3) is 31.3. The van der Waals surface area contributed by atoms with Crippen molar-refractivity contribution in [3.05, 3.63) is 12.2 Å². The van der Waals surface area contributed by atoms with Gasteiger partial charge in [0.25, 0.3) is 0 Å². The second-order valence-electron chi connectivity index (χ2n) is 16.9. The molecule has 1 saturated carbocycles. The Labute approximate surface area is 341 Å². The van der Waals surface area contributed by atoms with Gasteiger partial charge in [-0.25, -0.2) is 0 Å². The standard InChI is InChI=1S/C48H91NO6/c1-6-9-12-14-16-18-20-22-24-26-28-31-38-52-41-44(53-39-32-29-27-25-23-21-19-17-15-13-10-7-2)42-54-48(51)40-43-34-35-46(45(43)33-30-11-8-3)55-47(50)36-37-49(4)5/h11,30,43-46H,6-10,12-29,31-42H2,1-5H3/b30-11-. The highest BCUT2D eigenvalue weighted by molar-refractivity contribution is 5.70. The van der Waals surface area contributed by atoms with Crippen LogP contribution in [0, 0.1) is 11.8 Å². The van der Waals surface area contributed by atoms with Crippen LogP contribution in [0.1, 0.15) is 213 Å². The fraction of sp³-hybridized carbons (Fsp3) is 0.917. The van der Waals surface area contributed by atoms with Crippen LogP contribution >= 0.6 is 0 Å². The number of allylic oxidation sites excluding steroid dienone is 2. The predicted octanol–water partition coefficient (Wildman–Crippen LogP) is 13.0. The molecule has 4 atom stereocenters. The summed E-state index contributed by atoms with van der Waals surface area (Å²) in [4.78, 5) is 27.8. The number of carbonyl (C=O) groups is 2. The molecule has 4 unspecified atom stereocenters. The van der Waals surface area contributed by atoms with Gasteiger partial charge in [0.2, 0.25) is 0 Å². The van der Waals surface area contributed by atoms with Gasteiger partial charge in [0, 0.05) is 32.1 Å². The summed E-state index contributed by atoms with van der Waals surface area (Å²) in [6, 6.07) is 0. The van der Waals surface area contributed by atoms with Crippen LogP contribution in [0.2, 0.25) is 0 Å². The third-order valence-corrected chi connectivity index (χ3v) is 11.4. The van der Waals surface area contributed by atoms with E-state index in [1.54, 1.807) is 0 Å². The van der Waals surface area contributed by atoms with Crippen molar-refractivity contribution in [3.8, 4) is 0 Å². The van der Waals surface area contributed by atoms with Gasteiger partial charge in [-0.05, 0) is 58.5 Å². The van der Waals surface area contributed by atoms with Crippen LogP contribution in [0.5, 0.6) is 0 Å². The first-order valence-electron chi connectivity index (χ1n) is 23.7. The molecule has 0 amide bonds. The first-order chi connectivity index (χ1) is 26.9. The number of carbonyl (C=O) groups excluding carboxylic acids is 2. The number of rotatable bonds is 40. The van der Waals surface area contributed by atoms with Crippen molar-refractivity contribution in [2.24, 2.45) is 11.8 Å². The van der Waals surface area contributed by atoms with Crippen LogP contribution in [0.3, 0.4) is 0 Å². The van der Waals surface area contributed by atoms with Crippen molar-refractivity contribution in [1.29, 1.82) is 0 Å². The van der Waals surface area contributed by atoms with E-state index in [4.69, 9.17) is 18.9 Å². The summed E-state index contributed by atoms with van der Waals surface area (Å²) in [5.74, 6) is -0.0597. The molecule has 0 heterocycles. The number of hydrogen-bond donors (Lipinski definition) is 0. The van der Waals surface area contributed by atoms with E-state index >= 15 is 0 Å². The summed E-state index contributed by atoms with van der Waals surface area (Å²) in [6.07, 6.45) is 39.8. The molecular formula is C48H91NO6. The normalized spacial score (nSPS) is 17.7. The number of hydrogen-bond acceptors (Lipinski definition) is 7. The highest BCUT2D eigenvalue weighted by Crippen LogP contribution is 2.39. The third-order valence-electron chi connectivity index (χ3n) is 11.4. The molecule has 0 N–H and O–H groups in total. The van der Waals surface area contributed by atoms with Crippen LogP contribution in [0.4, 0.5) is 0 Å². The Kier molecular flexibility index (Phi) is 35.7. The lowest BCUT2D eigenvalue weighted by molar-refractivity contribution is -0.152. The van der Waals surface area contributed by atoms with Crippen molar-refractivity contribution in [3.63, 3.8) is 0 Å². The monoisotopic (exact) mass is 778 g/mol. The highest BCUT2D eigenvalue weighted by atomic mass is 16.6. The van der Waals surface area contributed by atoms with Gasteiger partial charge in [0.15, 0.2) is 0 Å². The Bertz CT molecular complexity index is 894. The summed E-state index contributed by atoms with van der Waals surface area (Å²) in [5.41, 5.74) is 0. The zero-order valence-electron chi connectivity index (χ0n) is 37.1. The summed E-state index contributed by atoms with van der Waals surface area (Å²) in [7, 11) is 3.92. The van der Waals surface area contributed by atoms with Crippen molar-refractivity contribution in [2.45, 2.75) is 226 Å². The van der Waals surface area contributed by atoms with E-state index in [2.05, 4.69) is 32.9 Å². The Balaban J connectivity index is 2.48. The van der Waals surface area contributed by atoms with Gasteiger partial charge < -0.3 is 23.8 Å². The Morgan fingerprint density at radius 3 is 1.64 bits per heavy atom.